The Morgan fingerprint density at radius 2 is 1.73 bits per heavy atom. The summed E-state index contributed by atoms with van der Waals surface area (Å²) in [5.41, 5.74) is 0.574. The van der Waals surface area contributed by atoms with Crippen molar-refractivity contribution in [3.8, 4) is 17.0 Å². The van der Waals surface area contributed by atoms with Crippen LogP contribution in [0.25, 0.3) is 11.3 Å². The Hall–Kier alpha value is -3.43. The van der Waals surface area contributed by atoms with E-state index in [4.69, 9.17) is 0 Å². The van der Waals surface area contributed by atoms with Crippen LogP contribution in [-0.2, 0) is 0 Å². The predicted molar refractivity (Wildman–Crippen MR) is 103 cm³/mol. The van der Waals surface area contributed by atoms with Crippen molar-refractivity contribution >= 4 is 17.5 Å². The largest absolute Gasteiger partial charge is 0.573 e. The molecule has 0 aliphatic rings. The van der Waals surface area contributed by atoms with E-state index in [1.807, 2.05) is 13.8 Å². The second kappa shape index (κ2) is 8.52. The second-order valence-electron chi connectivity index (χ2n) is 6.59. The van der Waals surface area contributed by atoms with Crippen molar-refractivity contribution in [3.63, 3.8) is 0 Å². The van der Waals surface area contributed by atoms with E-state index in [9.17, 15) is 22.0 Å². The van der Waals surface area contributed by atoms with E-state index in [1.165, 1.54) is 30.3 Å². The third kappa shape index (κ3) is 5.79. The number of halogens is 5. The maximum Gasteiger partial charge on any atom is 0.573 e. The lowest BCUT2D eigenvalue weighted by Gasteiger charge is -2.14. The van der Waals surface area contributed by atoms with Crippen molar-refractivity contribution < 1.29 is 26.7 Å². The highest BCUT2D eigenvalue weighted by Gasteiger charge is 2.31. The monoisotopic (exact) mass is 424 g/mol. The number of benzene rings is 2. The first-order valence-corrected chi connectivity index (χ1v) is 8.83. The number of hydrogen-bond acceptors (Lipinski definition) is 5. The first-order valence-electron chi connectivity index (χ1n) is 8.83. The first-order chi connectivity index (χ1) is 14.1. The molecule has 0 aliphatic carbocycles. The topological polar surface area (TPSA) is 59.1 Å². The molecule has 0 spiro atoms. The molecule has 10 heteroatoms. The quantitative estimate of drug-likeness (QED) is 0.484. The molecule has 0 bridgehead atoms. The van der Waals surface area contributed by atoms with E-state index in [2.05, 4.69) is 25.3 Å². The first kappa shape index (κ1) is 21.3. The number of rotatable bonds is 6. The minimum absolute atomic E-state index is 0.0225. The van der Waals surface area contributed by atoms with Gasteiger partial charge in [0.15, 0.2) is 0 Å². The van der Waals surface area contributed by atoms with Crippen LogP contribution in [0.4, 0.5) is 39.4 Å². The van der Waals surface area contributed by atoms with Crippen molar-refractivity contribution in [2.24, 2.45) is 0 Å². The van der Waals surface area contributed by atoms with Crippen molar-refractivity contribution in [1.29, 1.82) is 0 Å². The lowest BCUT2D eigenvalue weighted by molar-refractivity contribution is -0.274. The highest BCUT2D eigenvalue weighted by atomic mass is 19.4. The van der Waals surface area contributed by atoms with Crippen LogP contribution in [0.5, 0.6) is 5.75 Å². The molecule has 1 aromatic heterocycles. The SMILES string of the molecule is CC(C)Nc1nc(Nc2ccc(F)cc2F)cc(-c2cccc(OC(F)(F)F)c2)n1. The zero-order chi connectivity index (χ0) is 21.9. The molecule has 5 nitrogen and oxygen atoms in total. The number of ether oxygens (including phenoxy) is 1. The minimum atomic E-state index is -4.83. The van der Waals surface area contributed by atoms with Gasteiger partial charge < -0.3 is 15.4 Å². The third-order valence-electron chi connectivity index (χ3n) is 3.70. The number of aromatic nitrogens is 2. The molecule has 3 aromatic rings. The smallest absolute Gasteiger partial charge is 0.406 e. The van der Waals surface area contributed by atoms with Gasteiger partial charge in [0.25, 0.3) is 0 Å². The van der Waals surface area contributed by atoms with Crippen LogP contribution in [0.2, 0.25) is 0 Å². The number of hydrogen-bond donors (Lipinski definition) is 2. The molecule has 0 saturated heterocycles. The molecule has 3 rings (SSSR count). The summed E-state index contributed by atoms with van der Waals surface area (Å²) in [7, 11) is 0. The van der Waals surface area contributed by atoms with Gasteiger partial charge in [0.1, 0.15) is 23.2 Å². The molecule has 2 aromatic carbocycles. The molecule has 2 N–H and O–H groups in total. The average molecular weight is 424 g/mol. The Bertz CT molecular complexity index is 1040. The van der Waals surface area contributed by atoms with Crippen LogP contribution < -0.4 is 15.4 Å². The van der Waals surface area contributed by atoms with Gasteiger partial charge in [0.2, 0.25) is 5.95 Å². The molecule has 0 aliphatic heterocycles. The van der Waals surface area contributed by atoms with E-state index in [-0.39, 0.29) is 29.2 Å². The Morgan fingerprint density at radius 1 is 0.967 bits per heavy atom. The van der Waals surface area contributed by atoms with Gasteiger partial charge in [-0.15, -0.1) is 13.2 Å². The number of nitrogens with one attached hydrogen (secondary N) is 2. The summed E-state index contributed by atoms with van der Waals surface area (Å²) in [6.45, 7) is 3.70. The van der Waals surface area contributed by atoms with Crippen LogP contribution in [0.3, 0.4) is 0 Å². The molecule has 0 saturated carbocycles. The van der Waals surface area contributed by atoms with E-state index >= 15 is 0 Å². The molecular weight excluding hydrogens is 407 g/mol. The molecule has 1 heterocycles. The van der Waals surface area contributed by atoms with E-state index in [1.54, 1.807) is 6.07 Å². The van der Waals surface area contributed by atoms with E-state index in [0.717, 1.165) is 12.1 Å². The van der Waals surface area contributed by atoms with Gasteiger partial charge in [0.05, 0.1) is 11.4 Å². The Morgan fingerprint density at radius 3 is 2.40 bits per heavy atom. The number of alkyl halides is 3. The van der Waals surface area contributed by atoms with Gasteiger partial charge in [-0.25, -0.2) is 13.8 Å². The summed E-state index contributed by atoms with van der Waals surface area (Å²) < 4.78 is 68.7. The van der Waals surface area contributed by atoms with Gasteiger partial charge >= 0.3 is 6.36 Å². The summed E-state index contributed by atoms with van der Waals surface area (Å²) in [6.07, 6.45) is -4.83. The van der Waals surface area contributed by atoms with Crippen molar-refractivity contribution in [2.45, 2.75) is 26.3 Å². The highest BCUT2D eigenvalue weighted by Crippen LogP contribution is 2.29. The molecule has 0 unspecified atom stereocenters. The zero-order valence-corrected chi connectivity index (χ0v) is 15.9. The molecule has 0 atom stereocenters. The van der Waals surface area contributed by atoms with E-state index < -0.39 is 23.7 Å². The fraction of sp³-hybridized carbons (Fsp3) is 0.200. The Balaban J connectivity index is 2.00. The summed E-state index contributed by atoms with van der Waals surface area (Å²) in [5.74, 6) is -1.62. The van der Waals surface area contributed by atoms with Crippen LogP contribution in [0.15, 0.2) is 48.5 Å². The lowest BCUT2D eigenvalue weighted by Crippen LogP contribution is -2.17. The number of anilines is 3. The van der Waals surface area contributed by atoms with E-state index in [0.29, 0.717) is 5.56 Å². The van der Waals surface area contributed by atoms with Crippen molar-refractivity contribution in [2.75, 3.05) is 10.6 Å². The molecule has 0 radical (unpaired) electrons. The Labute approximate surface area is 168 Å². The van der Waals surface area contributed by atoms with Crippen LogP contribution in [0, 0.1) is 11.6 Å². The zero-order valence-electron chi connectivity index (χ0n) is 15.9. The summed E-state index contributed by atoms with van der Waals surface area (Å²) in [5, 5.41) is 5.72. The molecule has 158 valence electrons. The van der Waals surface area contributed by atoms with Crippen LogP contribution >= 0.6 is 0 Å². The third-order valence-corrected chi connectivity index (χ3v) is 3.70. The fourth-order valence-corrected chi connectivity index (χ4v) is 2.56. The molecule has 0 amide bonds. The molecule has 0 fully saturated rings. The van der Waals surface area contributed by atoms with Gasteiger partial charge in [-0.05, 0) is 38.1 Å². The predicted octanol–water partition coefficient (Wildman–Crippen LogP) is 5.88. The maximum absolute atomic E-state index is 14.0. The number of nitrogens with zero attached hydrogens (tertiary/aromatic N) is 2. The second-order valence-corrected chi connectivity index (χ2v) is 6.59. The van der Waals surface area contributed by atoms with Crippen molar-refractivity contribution in [3.05, 3.63) is 60.2 Å². The molecule has 30 heavy (non-hydrogen) atoms. The van der Waals surface area contributed by atoms with Gasteiger partial charge in [-0.1, -0.05) is 12.1 Å². The fourth-order valence-electron chi connectivity index (χ4n) is 2.56. The minimum Gasteiger partial charge on any atom is -0.406 e. The summed E-state index contributed by atoms with van der Waals surface area (Å²) >= 11 is 0. The van der Waals surface area contributed by atoms with Crippen LogP contribution in [0.1, 0.15) is 13.8 Å². The highest BCUT2D eigenvalue weighted by molar-refractivity contribution is 5.68. The normalized spacial score (nSPS) is 11.5. The van der Waals surface area contributed by atoms with Gasteiger partial charge in [-0.3, -0.25) is 0 Å². The average Bonchev–Trinajstić information content (AvgIpc) is 2.62. The standard InChI is InChI=1S/C20H17F5N4O/c1-11(2)26-19-28-17(12-4-3-5-14(8-12)30-20(23,24)25)10-18(29-19)27-16-7-6-13(21)9-15(16)22/h3-11H,1-2H3,(H2,26,27,28,29). The molecular formula is C20H17F5N4O. The summed E-state index contributed by atoms with van der Waals surface area (Å²) in [4.78, 5) is 8.54. The van der Waals surface area contributed by atoms with Gasteiger partial charge in [-0.2, -0.15) is 4.98 Å². The maximum atomic E-state index is 14.0. The Kier molecular flexibility index (Phi) is 6.04. The van der Waals surface area contributed by atoms with Crippen LogP contribution in [-0.4, -0.2) is 22.4 Å². The van der Waals surface area contributed by atoms with Gasteiger partial charge in [0, 0.05) is 23.7 Å². The lowest BCUT2D eigenvalue weighted by atomic mass is 10.1. The van der Waals surface area contributed by atoms with Crippen molar-refractivity contribution in [1.82, 2.24) is 9.97 Å². The summed E-state index contributed by atoms with van der Waals surface area (Å²) in [6, 6.07) is 9.68.